The molecule has 0 fully saturated rings. The van der Waals surface area contributed by atoms with Crippen molar-refractivity contribution in [2.45, 2.75) is 13.3 Å². The lowest BCUT2D eigenvalue weighted by molar-refractivity contribution is -0.384. The first-order chi connectivity index (χ1) is 10.7. The summed E-state index contributed by atoms with van der Waals surface area (Å²) in [4.78, 5) is 10.4. The highest BCUT2D eigenvalue weighted by Gasteiger charge is 2.13. The molecule has 0 saturated carbocycles. The molecule has 0 aliphatic rings. The summed E-state index contributed by atoms with van der Waals surface area (Å²) in [5.41, 5.74) is 2.56. The summed E-state index contributed by atoms with van der Waals surface area (Å²) in [6, 6.07) is 14.0. The van der Waals surface area contributed by atoms with Crippen molar-refractivity contribution in [2.24, 2.45) is 0 Å². The number of benzene rings is 2. The first-order valence-electron chi connectivity index (χ1n) is 6.85. The van der Waals surface area contributed by atoms with Crippen LogP contribution in [-0.2, 0) is 6.42 Å². The van der Waals surface area contributed by atoms with Crippen molar-refractivity contribution in [3.05, 3.63) is 64.2 Å². The standard InChI is InChI=1S/C16H13N3O3/c1-2-11-6-8-12(9-7-11)15-17-18-16(22-15)13-4-3-5-14(10-13)19(20)21/h3-10H,2H2,1H3. The average molecular weight is 295 g/mol. The third-order valence-electron chi connectivity index (χ3n) is 3.34. The minimum absolute atomic E-state index is 0.00968. The van der Waals surface area contributed by atoms with Crippen molar-refractivity contribution in [2.75, 3.05) is 0 Å². The number of non-ortho nitro benzene ring substituents is 1. The van der Waals surface area contributed by atoms with E-state index in [0.29, 0.717) is 11.5 Å². The molecule has 22 heavy (non-hydrogen) atoms. The van der Waals surface area contributed by atoms with Gasteiger partial charge in [-0.25, -0.2) is 0 Å². The van der Waals surface area contributed by atoms with E-state index in [9.17, 15) is 10.1 Å². The van der Waals surface area contributed by atoms with E-state index in [1.165, 1.54) is 17.7 Å². The minimum atomic E-state index is -0.454. The molecule has 6 nitrogen and oxygen atoms in total. The van der Waals surface area contributed by atoms with Crippen LogP contribution in [0.3, 0.4) is 0 Å². The summed E-state index contributed by atoms with van der Waals surface area (Å²) in [5, 5.41) is 18.8. The van der Waals surface area contributed by atoms with Crippen molar-refractivity contribution < 1.29 is 9.34 Å². The summed E-state index contributed by atoms with van der Waals surface area (Å²) < 4.78 is 5.62. The molecule has 0 atom stereocenters. The van der Waals surface area contributed by atoms with E-state index in [0.717, 1.165) is 12.0 Å². The van der Waals surface area contributed by atoms with Crippen LogP contribution in [0.5, 0.6) is 0 Å². The van der Waals surface area contributed by atoms with Crippen LogP contribution in [0.1, 0.15) is 12.5 Å². The monoisotopic (exact) mass is 295 g/mol. The van der Waals surface area contributed by atoms with E-state index in [-0.39, 0.29) is 11.6 Å². The molecule has 2 aromatic carbocycles. The van der Waals surface area contributed by atoms with Gasteiger partial charge in [0, 0.05) is 23.3 Å². The second-order valence-corrected chi connectivity index (χ2v) is 4.77. The van der Waals surface area contributed by atoms with Gasteiger partial charge in [0.1, 0.15) is 0 Å². The van der Waals surface area contributed by atoms with Gasteiger partial charge in [0.2, 0.25) is 11.8 Å². The van der Waals surface area contributed by atoms with Gasteiger partial charge in [-0.05, 0) is 30.2 Å². The number of hydrogen-bond donors (Lipinski definition) is 0. The van der Waals surface area contributed by atoms with Gasteiger partial charge >= 0.3 is 0 Å². The molecule has 0 saturated heterocycles. The Kier molecular flexibility index (Phi) is 3.65. The van der Waals surface area contributed by atoms with Gasteiger partial charge in [-0.1, -0.05) is 25.1 Å². The molecule has 3 rings (SSSR count). The SMILES string of the molecule is CCc1ccc(-c2nnc(-c3cccc([N+](=O)[O-])c3)o2)cc1. The number of aryl methyl sites for hydroxylation is 1. The van der Waals surface area contributed by atoms with Crippen molar-refractivity contribution in [3.8, 4) is 22.9 Å². The Morgan fingerprint density at radius 1 is 1.05 bits per heavy atom. The van der Waals surface area contributed by atoms with Gasteiger partial charge in [-0.3, -0.25) is 10.1 Å². The quantitative estimate of drug-likeness (QED) is 0.539. The molecular formula is C16H13N3O3. The predicted molar refractivity (Wildman–Crippen MR) is 81.2 cm³/mol. The van der Waals surface area contributed by atoms with E-state index >= 15 is 0 Å². The zero-order valence-electron chi connectivity index (χ0n) is 11.9. The highest BCUT2D eigenvalue weighted by molar-refractivity contribution is 5.60. The molecule has 1 heterocycles. The Morgan fingerprint density at radius 3 is 2.36 bits per heavy atom. The van der Waals surface area contributed by atoms with Crippen LogP contribution in [0, 0.1) is 10.1 Å². The molecule has 0 aliphatic heterocycles. The van der Waals surface area contributed by atoms with Crippen molar-refractivity contribution in [1.29, 1.82) is 0 Å². The second kappa shape index (κ2) is 5.77. The molecule has 0 bridgehead atoms. The third-order valence-corrected chi connectivity index (χ3v) is 3.34. The molecular weight excluding hydrogens is 282 g/mol. The number of rotatable bonds is 4. The fraction of sp³-hybridized carbons (Fsp3) is 0.125. The Labute approximate surface area is 126 Å². The summed E-state index contributed by atoms with van der Waals surface area (Å²) in [6.07, 6.45) is 0.961. The highest BCUT2D eigenvalue weighted by Crippen LogP contribution is 2.26. The zero-order valence-corrected chi connectivity index (χ0v) is 11.9. The Bertz CT molecular complexity index is 810. The Balaban J connectivity index is 1.93. The van der Waals surface area contributed by atoms with Crippen LogP contribution in [0.2, 0.25) is 0 Å². The third kappa shape index (κ3) is 2.71. The van der Waals surface area contributed by atoms with Crippen molar-refractivity contribution >= 4 is 5.69 Å². The number of nitrogens with zero attached hydrogens (tertiary/aromatic N) is 3. The van der Waals surface area contributed by atoms with Crippen LogP contribution < -0.4 is 0 Å². The molecule has 0 aliphatic carbocycles. The molecule has 0 spiro atoms. The van der Waals surface area contributed by atoms with Crippen molar-refractivity contribution in [1.82, 2.24) is 10.2 Å². The molecule has 0 unspecified atom stereocenters. The predicted octanol–water partition coefficient (Wildman–Crippen LogP) is 3.87. The number of nitro groups is 1. The maximum Gasteiger partial charge on any atom is 0.270 e. The topological polar surface area (TPSA) is 82.1 Å². The van der Waals surface area contributed by atoms with Crippen LogP contribution in [-0.4, -0.2) is 15.1 Å². The van der Waals surface area contributed by atoms with Crippen LogP contribution in [0.4, 0.5) is 5.69 Å². The molecule has 0 N–H and O–H groups in total. The van der Waals surface area contributed by atoms with Gasteiger partial charge in [-0.15, -0.1) is 10.2 Å². The fourth-order valence-electron chi connectivity index (χ4n) is 2.09. The van der Waals surface area contributed by atoms with E-state index < -0.39 is 4.92 Å². The molecule has 1 aromatic heterocycles. The Hall–Kier alpha value is -3.02. The number of hydrogen-bond acceptors (Lipinski definition) is 5. The molecule has 6 heteroatoms. The van der Waals surface area contributed by atoms with Crippen LogP contribution in [0.15, 0.2) is 52.9 Å². The van der Waals surface area contributed by atoms with E-state index in [4.69, 9.17) is 4.42 Å². The smallest absolute Gasteiger partial charge is 0.270 e. The summed E-state index contributed by atoms with van der Waals surface area (Å²) >= 11 is 0. The summed E-state index contributed by atoms with van der Waals surface area (Å²) in [6.45, 7) is 2.09. The second-order valence-electron chi connectivity index (χ2n) is 4.77. The zero-order chi connectivity index (χ0) is 15.5. The van der Waals surface area contributed by atoms with Gasteiger partial charge in [0.25, 0.3) is 5.69 Å². The normalized spacial score (nSPS) is 10.6. The van der Waals surface area contributed by atoms with Gasteiger partial charge < -0.3 is 4.42 Å². The first-order valence-corrected chi connectivity index (χ1v) is 6.85. The van der Waals surface area contributed by atoms with E-state index in [1.54, 1.807) is 12.1 Å². The van der Waals surface area contributed by atoms with Crippen LogP contribution >= 0.6 is 0 Å². The largest absolute Gasteiger partial charge is 0.416 e. The van der Waals surface area contributed by atoms with Gasteiger partial charge in [0.05, 0.1) is 4.92 Å². The summed E-state index contributed by atoms with van der Waals surface area (Å²) in [7, 11) is 0. The number of aromatic nitrogens is 2. The van der Waals surface area contributed by atoms with E-state index in [1.807, 2.05) is 24.3 Å². The first kappa shape index (κ1) is 13.9. The Morgan fingerprint density at radius 2 is 1.73 bits per heavy atom. The van der Waals surface area contributed by atoms with E-state index in [2.05, 4.69) is 17.1 Å². The van der Waals surface area contributed by atoms with Crippen LogP contribution in [0.25, 0.3) is 22.9 Å². The lowest BCUT2D eigenvalue weighted by Gasteiger charge is -1.98. The maximum absolute atomic E-state index is 10.8. The summed E-state index contributed by atoms with van der Waals surface area (Å²) in [5.74, 6) is 0.655. The van der Waals surface area contributed by atoms with Gasteiger partial charge in [0.15, 0.2) is 0 Å². The molecule has 3 aromatic rings. The lowest BCUT2D eigenvalue weighted by Crippen LogP contribution is -1.88. The molecule has 0 amide bonds. The highest BCUT2D eigenvalue weighted by atomic mass is 16.6. The maximum atomic E-state index is 10.8. The fourth-order valence-corrected chi connectivity index (χ4v) is 2.09. The molecule has 110 valence electrons. The molecule has 0 radical (unpaired) electrons. The number of nitro benzene ring substituents is 1. The average Bonchev–Trinajstić information content (AvgIpc) is 3.05. The lowest BCUT2D eigenvalue weighted by atomic mass is 10.1. The van der Waals surface area contributed by atoms with Crippen molar-refractivity contribution in [3.63, 3.8) is 0 Å². The van der Waals surface area contributed by atoms with Gasteiger partial charge in [-0.2, -0.15) is 0 Å². The minimum Gasteiger partial charge on any atom is -0.416 e.